The summed E-state index contributed by atoms with van der Waals surface area (Å²) in [6, 6.07) is 12.3. The van der Waals surface area contributed by atoms with Crippen LogP contribution in [0.25, 0.3) is 0 Å². The minimum atomic E-state index is 0.00611. The van der Waals surface area contributed by atoms with Crippen molar-refractivity contribution in [1.82, 2.24) is 4.90 Å². The molecule has 0 aliphatic heterocycles. The van der Waals surface area contributed by atoms with Gasteiger partial charge in [-0.15, -0.1) is 0 Å². The Morgan fingerprint density at radius 2 is 1.95 bits per heavy atom. The molecule has 19 heavy (non-hydrogen) atoms. The molecule has 1 aromatic heterocycles. The molecule has 4 heteroatoms. The Bertz CT molecular complexity index is 493. The summed E-state index contributed by atoms with van der Waals surface area (Å²) in [4.78, 5) is 2.22. The van der Waals surface area contributed by atoms with Crippen molar-refractivity contribution >= 4 is 15.9 Å². The molecule has 0 aliphatic carbocycles. The fraction of sp³-hybridized carbons (Fsp3) is 0.333. The minimum Gasteiger partial charge on any atom is -0.468 e. The van der Waals surface area contributed by atoms with Gasteiger partial charge in [-0.3, -0.25) is 4.90 Å². The first-order chi connectivity index (χ1) is 9.08. The standard InChI is InChI=1S/C15H19BrN2O/c1-11(17)15(14-4-3-9-19-14)18(2)10-12-5-7-13(16)8-6-12/h3-9,11,15H,10,17H2,1-2H3. The van der Waals surface area contributed by atoms with Crippen LogP contribution in [-0.2, 0) is 6.54 Å². The molecule has 2 N–H and O–H groups in total. The SMILES string of the molecule is CC(N)C(c1ccco1)N(C)Cc1ccc(Br)cc1. The zero-order valence-corrected chi connectivity index (χ0v) is 12.8. The van der Waals surface area contributed by atoms with Gasteiger partial charge >= 0.3 is 0 Å². The van der Waals surface area contributed by atoms with E-state index in [1.807, 2.05) is 19.1 Å². The van der Waals surface area contributed by atoms with Crippen LogP contribution in [0.4, 0.5) is 0 Å². The van der Waals surface area contributed by atoms with E-state index in [4.69, 9.17) is 10.2 Å². The molecule has 0 bridgehead atoms. The highest BCUT2D eigenvalue weighted by Crippen LogP contribution is 2.24. The zero-order valence-electron chi connectivity index (χ0n) is 11.2. The predicted octanol–water partition coefficient (Wildman–Crippen LogP) is 3.56. The average molecular weight is 323 g/mol. The van der Waals surface area contributed by atoms with Gasteiger partial charge in [0.15, 0.2) is 0 Å². The van der Waals surface area contributed by atoms with Crippen molar-refractivity contribution in [3.63, 3.8) is 0 Å². The largest absolute Gasteiger partial charge is 0.468 e. The van der Waals surface area contributed by atoms with Crippen LogP contribution in [-0.4, -0.2) is 18.0 Å². The summed E-state index contributed by atoms with van der Waals surface area (Å²) in [5, 5.41) is 0. The van der Waals surface area contributed by atoms with E-state index in [9.17, 15) is 0 Å². The third-order valence-corrected chi connectivity index (χ3v) is 3.68. The van der Waals surface area contributed by atoms with Gasteiger partial charge in [-0.2, -0.15) is 0 Å². The lowest BCUT2D eigenvalue weighted by molar-refractivity contribution is 0.184. The molecule has 1 aromatic carbocycles. The Morgan fingerprint density at radius 1 is 1.26 bits per heavy atom. The lowest BCUT2D eigenvalue weighted by atomic mass is 10.1. The molecule has 0 spiro atoms. The van der Waals surface area contributed by atoms with E-state index in [1.165, 1.54) is 5.56 Å². The fourth-order valence-electron chi connectivity index (χ4n) is 2.31. The first-order valence-corrected chi connectivity index (χ1v) is 7.11. The normalized spacial score (nSPS) is 14.6. The van der Waals surface area contributed by atoms with Crippen LogP contribution in [0.15, 0.2) is 51.6 Å². The molecule has 0 amide bonds. The topological polar surface area (TPSA) is 42.4 Å². The van der Waals surface area contributed by atoms with Gasteiger partial charge in [-0.25, -0.2) is 0 Å². The first-order valence-electron chi connectivity index (χ1n) is 6.31. The smallest absolute Gasteiger partial charge is 0.122 e. The molecule has 0 fully saturated rings. The zero-order chi connectivity index (χ0) is 13.8. The lowest BCUT2D eigenvalue weighted by Crippen LogP contribution is -2.36. The molecule has 2 aromatic rings. The molecule has 3 nitrogen and oxygen atoms in total. The maximum atomic E-state index is 6.10. The van der Waals surface area contributed by atoms with E-state index in [1.54, 1.807) is 6.26 Å². The van der Waals surface area contributed by atoms with Crippen LogP contribution in [0.3, 0.4) is 0 Å². The van der Waals surface area contributed by atoms with Crippen molar-refractivity contribution in [3.05, 3.63) is 58.5 Å². The second kappa shape index (κ2) is 6.37. The maximum Gasteiger partial charge on any atom is 0.122 e. The van der Waals surface area contributed by atoms with Crippen LogP contribution in [0.1, 0.15) is 24.3 Å². The summed E-state index contributed by atoms with van der Waals surface area (Å²) in [6.07, 6.45) is 1.69. The Balaban J connectivity index is 2.12. The van der Waals surface area contributed by atoms with E-state index < -0.39 is 0 Å². The van der Waals surface area contributed by atoms with E-state index in [-0.39, 0.29) is 12.1 Å². The molecule has 2 atom stereocenters. The van der Waals surface area contributed by atoms with Crippen LogP contribution < -0.4 is 5.73 Å². The number of likely N-dealkylation sites (N-methyl/N-ethyl adjacent to an activating group) is 1. The predicted molar refractivity (Wildman–Crippen MR) is 80.7 cm³/mol. The number of hydrogen-bond acceptors (Lipinski definition) is 3. The second-order valence-electron chi connectivity index (χ2n) is 4.86. The average Bonchev–Trinajstić information content (AvgIpc) is 2.85. The molecule has 2 unspecified atom stereocenters. The quantitative estimate of drug-likeness (QED) is 0.915. The van der Waals surface area contributed by atoms with Crippen LogP contribution in [0.5, 0.6) is 0 Å². The van der Waals surface area contributed by atoms with Gasteiger partial charge < -0.3 is 10.2 Å². The monoisotopic (exact) mass is 322 g/mol. The number of nitrogens with zero attached hydrogens (tertiary/aromatic N) is 1. The highest BCUT2D eigenvalue weighted by molar-refractivity contribution is 9.10. The van der Waals surface area contributed by atoms with Gasteiger partial charge in [-0.1, -0.05) is 28.1 Å². The second-order valence-corrected chi connectivity index (χ2v) is 5.78. The summed E-state index contributed by atoms with van der Waals surface area (Å²) in [6.45, 7) is 2.84. The van der Waals surface area contributed by atoms with Crippen molar-refractivity contribution in [2.24, 2.45) is 5.73 Å². The first kappa shape index (κ1) is 14.3. The Kier molecular flexibility index (Phi) is 4.80. The van der Waals surface area contributed by atoms with Crippen molar-refractivity contribution < 1.29 is 4.42 Å². The van der Waals surface area contributed by atoms with Gasteiger partial charge in [0.2, 0.25) is 0 Å². The molecule has 0 aliphatic rings. The van der Waals surface area contributed by atoms with E-state index >= 15 is 0 Å². The lowest BCUT2D eigenvalue weighted by Gasteiger charge is -2.29. The van der Waals surface area contributed by atoms with Crippen molar-refractivity contribution in [2.45, 2.75) is 25.6 Å². The van der Waals surface area contributed by atoms with Gasteiger partial charge in [0.1, 0.15) is 5.76 Å². The molecule has 0 saturated carbocycles. The summed E-state index contributed by atoms with van der Waals surface area (Å²) in [5.41, 5.74) is 7.35. The van der Waals surface area contributed by atoms with Gasteiger partial charge in [-0.05, 0) is 43.8 Å². The highest BCUT2D eigenvalue weighted by atomic mass is 79.9. The third kappa shape index (κ3) is 3.69. The minimum absolute atomic E-state index is 0.00611. The van der Waals surface area contributed by atoms with Gasteiger partial charge in [0.25, 0.3) is 0 Å². The molecule has 1 heterocycles. The number of halogens is 1. The van der Waals surface area contributed by atoms with E-state index in [2.05, 4.69) is 52.1 Å². The van der Waals surface area contributed by atoms with E-state index in [0.717, 1.165) is 16.8 Å². The number of nitrogens with two attached hydrogens (primary N) is 1. The number of hydrogen-bond donors (Lipinski definition) is 1. The van der Waals surface area contributed by atoms with Gasteiger partial charge in [0.05, 0.1) is 12.3 Å². The summed E-state index contributed by atoms with van der Waals surface area (Å²) >= 11 is 3.45. The van der Waals surface area contributed by atoms with Crippen LogP contribution >= 0.6 is 15.9 Å². The number of benzene rings is 1. The van der Waals surface area contributed by atoms with Gasteiger partial charge in [0, 0.05) is 17.1 Å². The summed E-state index contributed by atoms with van der Waals surface area (Å²) in [7, 11) is 2.07. The molecule has 102 valence electrons. The molecule has 0 saturated heterocycles. The Morgan fingerprint density at radius 3 is 2.47 bits per heavy atom. The van der Waals surface area contributed by atoms with Crippen molar-refractivity contribution in [1.29, 1.82) is 0 Å². The molecule has 2 rings (SSSR count). The van der Waals surface area contributed by atoms with Crippen LogP contribution in [0, 0.1) is 0 Å². The van der Waals surface area contributed by atoms with Crippen molar-refractivity contribution in [3.8, 4) is 0 Å². The third-order valence-electron chi connectivity index (χ3n) is 3.15. The molecule has 0 radical (unpaired) electrons. The van der Waals surface area contributed by atoms with Crippen LogP contribution in [0.2, 0.25) is 0 Å². The van der Waals surface area contributed by atoms with E-state index in [0.29, 0.717) is 0 Å². The Hall–Kier alpha value is -1.10. The maximum absolute atomic E-state index is 6.10. The molecular formula is C15H19BrN2O. The summed E-state index contributed by atoms with van der Waals surface area (Å²) < 4.78 is 6.60. The summed E-state index contributed by atoms with van der Waals surface area (Å²) in [5.74, 6) is 0.912. The molecular weight excluding hydrogens is 304 g/mol. The highest BCUT2D eigenvalue weighted by Gasteiger charge is 2.23. The number of rotatable bonds is 5. The van der Waals surface area contributed by atoms with Crippen molar-refractivity contribution in [2.75, 3.05) is 7.05 Å². The fourth-order valence-corrected chi connectivity index (χ4v) is 2.58. The number of furan rings is 1. The Labute approximate surface area is 122 Å².